The highest BCUT2D eigenvalue weighted by atomic mass is 35.5. The minimum Gasteiger partial charge on any atom is -0.496 e. The molecule has 2 aromatic heterocycles. The molecule has 4 aromatic rings. The topological polar surface area (TPSA) is 82.1 Å². The molecule has 0 radical (unpaired) electrons. The smallest absolute Gasteiger partial charge is 0.189 e. The molecule has 2 heterocycles. The van der Waals surface area contributed by atoms with Crippen molar-refractivity contribution in [1.82, 2.24) is 19.9 Å². The minimum atomic E-state index is 0.435. The number of benzene rings is 2. The molecule has 248 valence electrons. The lowest BCUT2D eigenvalue weighted by Crippen LogP contribution is -2.07. The first-order valence-electron chi connectivity index (χ1n) is 15.5. The third kappa shape index (κ3) is 9.75. The number of hydrogen-bond acceptors (Lipinski definition) is 9. The Labute approximate surface area is 289 Å². The Morgan fingerprint density at radius 1 is 0.717 bits per heavy atom. The van der Waals surface area contributed by atoms with Gasteiger partial charge in [-0.05, 0) is 90.6 Å². The molecule has 0 saturated carbocycles. The molecule has 7 nitrogen and oxygen atoms in total. The molecule has 0 aliphatic carbocycles. The van der Waals surface area contributed by atoms with Crippen molar-refractivity contribution < 1.29 is 9.47 Å². The summed E-state index contributed by atoms with van der Waals surface area (Å²) in [5.74, 6) is 3.65. The van der Waals surface area contributed by atoms with Gasteiger partial charge in [0.1, 0.15) is 22.5 Å². The Hall–Kier alpha value is -3.01. The van der Waals surface area contributed by atoms with Crippen molar-refractivity contribution in [1.29, 1.82) is 0 Å². The maximum atomic E-state index is 6.30. The van der Waals surface area contributed by atoms with Crippen molar-refractivity contribution in [2.24, 2.45) is 0 Å². The molecule has 0 saturated heterocycles. The number of nitrogens with one attached hydrogen (secondary N) is 1. The Balaban J connectivity index is 0.000000251. The predicted octanol–water partition coefficient (Wildman–Crippen LogP) is 9.54. The molecule has 4 rings (SSSR count). The molecule has 0 aliphatic rings. The molecule has 0 bridgehead atoms. The number of anilines is 1. The second-order valence-electron chi connectivity index (χ2n) is 11.6. The van der Waals surface area contributed by atoms with Crippen LogP contribution < -0.4 is 14.8 Å². The lowest BCUT2D eigenvalue weighted by molar-refractivity contribution is 0.411. The van der Waals surface area contributed by atoms with E-state index in [0.29, 0.717) is 28.6 Å². The molecule has 46 heavy (non-hydrogen) atoms. The van der Waals surface area contributed by atoms with E-state index in [9.17, 15) is 0 Å². The van der Waals surface area contributed by atoms with Crippen molar-refractivity contribution in [2.45, 2.75) is 83.5 Å². The van der Waals surface area contributed by atoms with Crippen LogP contribution in [0.5, 0.6) is 11.5 Å². The fraction of sp³-hybridized carbons (Fsp3) is 0.444. The number of nitrogens with zero attached hydrogens (tertiary/aromatic N) is 4. The second-order valence-corrected chi connectivity index (χ2v) is 13.5. The zero-order chi connectivity index (χ0) is 34.0. The molecule has 0 aliphatic heterocycles. The van der Waals surface area contributed by atoms with Crippen LogP contribution in [0, 0.1) is 13.8 Å². The Kier molecular flexibility index (Phi) is 14.5. The monoisotopic (exact) mass is 681 g/mol. The lowest BCUT2D eigenvalue weighted by Gasteiger charge is -2.18. The van der Waals surface area contributed by atoms with E-state index >= 15 is 0 Å². The third-order valence-electron chi connectivity index (χ3n) is 7.66. The minimum absolute atomic E-state index is 0.435. The SMILES string of the molecule is CCNc1nc(SC)ncc1Cc1cc(OC)c(C)cc1C(C)C.COc1cc(Cc2cnc(SC)nc2Cl)c(C(C)C)cc1C. The number of hydrogen-bond donors (Lipinski definition) is 1. The van der Waals surface area contributed by atoms with Crippen LogP contribution in [0.1, 0.15) is 91.0 Å². The highest BCUT2D eigenvalue weighted by Gasteiger charge is 2.16. The normalized spacial score (nSPS) is 11.0. The van der Waals surface area contributed by atoms with Gasteiger partial charge >= 0.3 is 0 Å². The first-order chi connectivity index (χ1) is 21.9. The summed E-state index contributed by atoms with van der Waals surface area (Å²) in [6.45, 7) is 15.9. The molecule has 0 unspecified atom stereocenters. The first-order valence-corrected chi connectivity index (χ1v) is 18.3. The van der Waals surface area contributed by atoms with Gasteiger partial charge in [0.15, 0.2) is 10.3 Å². The molecule has 0 amide bonds. The van der Waals surface area contributed by atoms with Crippen molar-refractivity contribution >= 4 is 40.9 Å². The zero-order valence-electron chi connectivity index (χ0n) is 29.0. The lowest BCUT2D eigenvalue weighted by atomic mass is 9.91. The van der Waals surface area contributed by atoms with Crippen molar-refractivity contribution in [3.05, 3.63) is 86.3 Å². The third-order valence-corrected chi connectivity index (χ3v) is 9.11. The van der Waals surface area contributed by atoms with Gasteiger partial charge in [-0.3, -0.25) is 0 Å². The van der Waals surface area contributed by atoms with Gasteiger partial charge in [0.25, 0.3) is 0 Å². The van der Waals surface area contributed by atoms with Crippen LogP contribution in [0.3, 0.4) is 0 Å². The molecular weight excluding hydrogens is 634 g/mol. The van der Waals surface area contributed by atoms with Crippen LogP contribution >= 0.6 is 35.1 Å². The van der Waals surface area contributed by atoms with Crippen LogP contribution in [0.15, 0.2) is 47.0 Å². The van der Waals surface area contributed by atoms with Gasteiger partial charge in [-0.1, -0.05) is 75.0 Å². The molecule has 1 N–H and O–H groups in total. The maximum absolute atomic E-state index is 6.30. The van der Waals surface area contributed by atoms with Crippen molar-refractivity contribution in [3.63, 3.8) is 0 Å². The van der Waals surface area contributed by atoms with Crippen molar-refractivity contribution in [2.75, 3.05) is 38.6 Å². The van der Waals surface area contributed by atoms with Gasteiger partial charge in [-0.15, -0.1) is 0 Å². The van der Waals surface area contributed by atoms with E-state index in [1.165, 1.54) is 39.6 Å². The van der Waals surface area contributed by atoms with E-state index in [1.54, 1.807) is 26.0 Å². The summed E-state index contributed by atoms with van der Waals surface area (Å²) in [5.41, 5.74) is 9.51. The van der Waals surface area contributed by atoms with E-state index in [0.717, 1.165) is 52.1 Å². The van der Waals surface area contributed by atoms with Crippen LogP contribution in [0.2, 0.25) is 5.15 Å². The van der Waals surface area contributed by atoms with E-state index in [2.05, 4.69) is 98.0 Å². The summed E-state index contributed by atoms with van der Waals surface area (Å²) in [4.78, 5) is 17.7. The number of aromatic nitrogens is 4. The molecule has 10 heteroatoms. The second kappa shape index (κ2) is 17.8. The fourth-order valence-corrected chi connectivity index (χ4v) is 6.19. The predicted molar refractivity (Wildman–Crippen MR) is 196 cm³/mol. The van der Waals surface area contributed by atoms with E-state index in [4.69, 9.17) is 21.1 Å². The number of ether oxygens (including phenoxy) is 2. The number of methoxy groups -OCH3 is 2. The Morgan fingerprint density at radius 2 is 1.17 bits per heavy atom. The summed E-state index contributed by atoms with van der Waals surface area (Å²) in [6, 6.07) is 8.69. The molecule has 0 fully saturated rings. The van der Waals surface area contributed by atoms with E-state index < -0.39 is 0 Å². The average Bonchev–Trinajstić information content (AvgIpc) is 3.04. The Bertz CT molecular complexity index is 1610. The quantitative estimate of drug-likeness (QED) is 0.0893. The molecule has 0 spiro atoms. The van der Waals surface area contributed by atoms with Crippen molar-refractivity contribution in [3.8, 4) is 11.5 Å². The van der Waals surface area contributed by atoms with E-state index in [-0.39, 0.29) is 0 Å². The summed E-state index contributed by atoms with van der Waals surface area (Å²) in [6.07, 6.45) is 9.18. The average molecular weight is 682 g/mol. The maximum Gasteiger partial charge on any atom is 0.189 e. The fourth-order valence-electron chi connectivity index (χ4n) is 5.26. The molecule has 0 atom stereocenters. The molecular formula is C36H48ClN5O2S2. The summed E-state index contributed by atoms with van der Waals surface area (Å²) in [7, 11) is 3.42. The summed E-state index contributed by atoms with van der Waals surface area (Å²) >= 11 is 9.34. The largest absolute Gasteiger partial charge is 0.496 e. The molecule has 2 aromatic carbocycles. The number of rotatable bonds is 12. The van der Waals surface area contributed by atoms with E-state index in [1.807, 2.05) is 24.9 Å². The first kappa shape index (κ1) is 37.4. The van der Waals surface area contributed by atoms with Gasteiger partial charge in [-0.2, -0.15) is 0 Å². The van der Waals surface area contributed by atoms with Crippen LogP contribution in [-0.2, 0) is 12.8 Å². The summed E-state index contributed by atoms with van der Waals surface area (Å²) < 4.78 is 11.0. The Morgan fingerprint density at radius 3 is 1.59 bits per heavy atom. The number of aryl methyl sites for hydroxylation is 2. The highest BCUT2D eigenvalue weighted by molar-refractivity contribution is 7.98. The van der Waals surface area contributed by atoms with Gasteiger partial charge in [0.2, 0.25) is 0 Å². The van der Waals surface area contributed by atoms with Gasteiger partial charge in [-0.25, -0.2) is 19.9 Å². The zero-order valence-corrected chi connectivity index (χ0v) is 31.4. The number of halogens is 1. The standard InChI is InChI=1S/C19H27N3OS.C17H21ClN2OS/c1-7-20-18-15(11-21-19(22-18)24-6)9-14-10-17(23-5)13(4)8-16(14)12(2)3;1-10(2)14-6-11(3)15(21-4)8-12(14)7-13-9-19-17(22-5)20-16(13)18/h8,10-12H,7,9H2,1-6H3,(H,20,21,22);6,8-10H,7H2,1-5H3. The van der Waals surface area contributed by atoms with Crippen LogP contribution in [0.4, 0.5) is 5.82 Å². The number of thioether (sulfide) groups is 2. The van der Waals surface area contributed by atoms with Crippen LogP contribution in [-0.4, -0.2) is 53.2 Å². The highest BCUT2D eigenvalue weighted by Crippen LogP contribution is 2.32. The summed E-state index contributed by atoms with van der Waals surface area (Å²) in [5, 5.41) is 5.37. The van der Waals surface area contributed by atoms with Gasteiger partial charge < -0.3 is 14.8 Å². The van der Waals surface area contributed by atoms with Gasteiger partial charge in [0.05, 0.1) is 14.2 Å². The van der Waals surface area contributed by atoms with Gasteiger partial charge in [0, 0.05) is 42.9 Å². The van der Waals surface area contributed by atoms with Crippen LogP contribution in [0.25, 0.3) is 0 Å².